The highest BCUT2D eigenvalue weighted by atomic mass is 19.4. The average Bonchev–Trinajstić information content (AvgIpc) is 2.93. The van der Waals surface area contributed by atoms with Gasteiger partial charge in [-0.25, -0.2) is 14.4 Å². The van der Waals surface area contributed by atoms with Crippen molar-refractivity contribution in [2.24, 2.45) is 5.41 Å². The number of methoxy groups -OCH3 is 1. The van der Waals surface area contributed by atoms with Gasteiger partial charge in [-0.2, -0.15) is 13.2 Å². The smallest absolute Gasteiger partial charge is 0.432 e. The molecule has 234 valence electrons. The van der Waals surface area contributed by atoms with Gasteiger partial charge in [-0.3, -0.25) is 9.80 Å². The largest absolute Gasteiger partial charge is 0.465 e. The minimum atomic E-state index is -5.24. The molecular formula is C31H37F3N2O7. The molecule has 1 N–H and O–H groups in total. The van der Waals surface area contributed by atoms with Crippen molar-refractivity contribution in [3.05, 3.63) is 71.8 Å². The van der Waals surface area contributed by atoms with E-state index in [1.165, 1.54) is 28.0 Å². The zero-order valence-corrected chi connectivity index (χ0v) is 24.6. The fourth-order valence-electron chi connectivity index (χ4n) is 6.73. The number of esters is 1. The third-order valence-corrected chi connectivity index (χ3v) is 8.67. The summed E-state index contributed by atoms with van der Waals surface area (Å²) in [7, 11) is 0.770. The summed E-state index contributed by atoms with van der Waals surface area (Å²) in [4.78, 5) is 42.1. The first-order chi connectivity index (χ1) is 20.1. The van der Waals surface area contributed by atoms with Crippen LogP contribution < -0.4 is 0 Å². The van der Waals surface area contributed by atoms with Gasteiger partial charge in [-0.05, 0) is 30.2 Å². The molecule has 2 heterocycles. The quantitative estimate of drug-likeness (QED) is 0.387. The summed E-state index contributed by atoms with van der Waals surface area (Å²) in [6.45, 7) is 4.54. The summed E-state index contributed by atoms with van der Waals surface area (Å²) >= 11 is 0. The van der Waals surface area contributed by atoms with E-state index in [9.17, 15) is 32.7 Å². The van der Waals surface area contributed by atoms with Gasteiger partial charge in [-0.15, -0.1) is 0 Å². The zero-order valence-electron chi connectivity index (χ0n) is 24.6. The third kappa shape index (κ3) is 5.41. The number of piperidine rings is 1. The Bertz CT molecular complexity index is 1310. The lowest BCUT2D eigenvalue weighted by Crippen LogP contribution is -2.84. The Morgan fingerprint density at radius 2 is 1.51 bits per heavy atom. The Morgan fingerprint density at radius 1 is 0.930 bits per heavy atom. The fourth-order valence-corrected chi connectivity index (χ4v) is 6.73. The molecule has 0 radical (unpaired) electrons. The molecule has 2 aliphatic rings. The highest BCUT2D eigenvalue weighted by molar-refractivity contribution is 5.84. The number of nitrogens with zero attached hydrogens (tertiary/aromatic N) is 2. The van der Waals surface area contributed by atoms with Crippen LogP contribution in [0.3, 0.4) is 0 Å². The van der Waals surface area contributed by atoms with E-state index in [4.69, 9.17) is 14.2 Å². The molecule has 2 fully saturated rings. The van der Waals surface area contributed by atoms with Gasteiger partial charge < -0.3 is 19.3 Å². The molecule has 0 unspecified atom stereocenters. The molecule has 2 atom stereocenters. The Hall–Kier alpha value is -3.80. The molecule has 0 saturated carbocycles. The zero-order chi connectivity index (χ0) is 31.7. The van der Waals surface area contributed by atoms with Crippen molar-refractivity contribution in [2.45, 2.75) is 69.6 Å². The standard InChI is InChI=1S/C31H37F3N2O7/c1-27(2,3)29(17-11-12-18-36(29)25(38)39)28(20-35(21-28)26(40)42-19-22-13-7-5-8-14-22)43-24(37)30(41-4,31(32,33)34)23-15-9-6-10-16-23/h5-10,13-16H,11-12,17-21H2,1-4H3,(H,38,39)/t29-,30+/m0/s1. The monoisotopic (exact) mass is 606 g/mol. The van der Waals surface area contributed by atoms with Gasteiger partial charge in [0.05, 0.1) is 18.6 Å². The van der Waals surface area contributed by atoms with Crippen LogP contribution in [0.15, 0.2) is 60.7 Å². The minimum Gasteiger partial charge on any atom is -0.465 e. The van der Waals surface area contributed by atoms with Crippen molar-refractivity contribution in [2.75, 3.05) is 26.7 Å². The second kappa shape index (κ2) is 11.7. The fraction of sp³-hybridized carbons (Fsp3) is 0.516. The number of amides is 2. The van der Waals surface area contributed by atoms with Crippen LogP contribution in [0.5, 0.6) is 0 Å². The van der Waals surface area contributed by atoms with Crippen molar-refractivity contribution in [1.82, 2.24) is 9.80 Å². The number of alkyl halides is 3. The maximum atomic E-state index is 14.8. The minimum absolute atomic E-state index is 0.0521. The lowest BCUT2D eigenvalue weighted by molar-refractivity contribution is -0.297. The van der Waals surface area contributed by atoms with E-state index in [0.29, 0.717) is 12.8 Å². The number of ether oxygens (including phenoxy) is 3. The maximum absolute atomic E-state index is 14.8. The van der Waals surface area contributed by atoms with Crippen LogP contribution in [0.2, 0.25) is 0 Å². The predicted molar refractivity (Wildman–Crippen MR) is 149 cm³/mol. The first kappa shape index (κ1) is 32.1. The van der Waals surface area contributed by atoms with Crippen LogP contribution in [0.1, 0.15) is 51.2 Å². The van der Waals surface area contributed by atoms with E-state index in [-0.39, 0.29) is 32.7 Å². The molecule has 2 aromatic carbocycles. The Kier molecular flexibility index (Phi) is 8.74. The van der Waals surface area contributed by atoms with E-state index in [1.54, 1.807) is 45.0 Å². The molecule has 9 nitrogen and oxygen atoms in total. The van der Waals surface area contributed by atoms with E-state index in [0.717, 1.165) is 24.8 Å². The molecule has 0 spiro atoms. The van der Waals surface area contributed by atoms with Crippen LogP contribution in [-0.2, 0) is 31.2 Å². The Morgan fingerprint density at radius 3 is 2.02 bits per heavy atom. The lowest BCUT2D eigenvalue weighted by Gasteiger charge is -2.66. The third-order valence-electron chi connectivity index (χ3n) is 8.67. The first-order valence-corrected chi connectivity index (χ1v) is 14.0. The van der Waals surface area contributed by atoms with E-state index >= 15 is 0 Å². The van der Waals surface area contributed by atoms with Gasteiger partial charge in [0.25, 0.3) is 5.60 Å². The number of rotatable bonds is 7. The number of carbonyl (C=O) groups is 3. The summed E-state index contributed by atoms with van der Waals surface area (Å²) in [6.07, 6.45) is -6.06. The molecule has 0 bridgehead atoms. The molecule has 2 aliphatic heterocycles. The van der Waals surface area contributed by atoms with Gasteiger partial charge in [0.15, 0.2) is 5.60 Å². The molecular weight excluding hydrogens is 569 g/mol. The molecule has 4 rings (SSSR count). The second-order valence-corrected chi connectivity index (χ2v) is 12.0. The van der Waals surface area contributed by atoms with Crippen LogP contribution >= 0.6 is 0 Å². The summed E-state index contributed by atoms with van der Waals surface area (Å²) in [5.41, 5.74) is -7.55. The van der Waals surface area contributed by atoms with Crippen molar-refractivity contribution < 1.29 is 46.9 Å². The Balaban J connectivity index is 1.78. The highest BCUT2D eigenvalue weighted by Gasteiger charge is 2.73. The molecule has 2 aromatic rings. The number of hydrogen-bond acceptors (Lipinski definition) is 6. The van der Waals surface area contributed by atoms with Crippen molar-refractivity contribution in [1.29, 1.82) is 0 Å². The van der Waals surface area contributed by atoms with E-state index in [1.807, 2.05) is 6.07 Å². The molecule has 0 aliphatic carbocycles. The molecule has 0 aromatic heterocycles. The summed E-state index contributed by atoms with van der Waals surface area (Å²) in [5, 5.41) is 10.3. The molecule has 43 heavy (non-hydrogen) atoms. The number of carboxylic acid groups (broad SMARTS) is 1. The highest BCUT2D eigenvalue weighted by Crippen LogP contribution is 2.55. The average molecular weight is 607 g/mol. The number of halogens is 3. The van der Waals surface area contributed by atoms with Gasteiger partial charge in [-0.1, -0.05) is 81.4 Å². The molecule has 12 heteroatoms. The maximum Gasteiger partial charge on any atom is 0.432 e. The number of benzene rings is 2. The van der Waals surface area contributed by atoms with Crippen LogP contribution in [0.4, 0.5) is 22.8 Å². The predicted octanol–water partition coefficient (Wildman–Crippen LogP) is 5.97. The van der Waals surface area contributed by atoms with Crippen LogP contribution in [0.25, 0.3) is 0 Å². The van der Waals surface area contributed by atoms with Gasteiger partial charge in [0.1, 0.15) is 6.61 Å². The topological polar surface area (TPSA) is 106 Å². The second-order valence-electron chi connectivity index (χ2n) is 12.0. The van der Waals surface area contributed by atoms with Gasteiger partial charge in [0, 0.05) is 19.2 Å². The van der Waals surface area contributed by atoms with Crippen molar-refractivity contribution >= 4 is 18.2 Å². The van der Waals surface area contributed by atoms with Gasteiger partial charge >= 0.3 is 24.3 Å². The summed E-state index contributed by atoms with van der Waals surface area (Å²) in [6, 6.07) is 15.3. The van der Waals surface area contributed by atoms with Gasteiger partial charge in [0.2, 0.25) is 0 Å². The number of carbonyl (C=O) groups excluding carboxylic acids is 2. The normalized spacial score (nSPS) is 21.7. The van der Waals surface area contributed by atoms with Crippen molar-refractivity contribution in [3.8, 4) is 0 Å². The first-order valence-electron chi connectivity index (χ1n) is 14.0. The summed E-state index contributed by atoms with van der Waals surface area (Å²) < 4.78 is 60.9. The lowest BCUT2D eigenvalue weighted by atomic mass is 9.56. The van der Waals surface area contributed by atoms with E-state index in [2.05, 4.69) is 0 Å². The molecule has 2 saturated heterocycles. The SMILES string of the molecule is CO[C@@](C(=O)OC1([C@@]2(C(C)(C)C)CCCCN2C(=O)O)CN(C(=O)OCc2ccccc2)C1)(c1ccccc1)C(F)(F)F. The molecule has 2 amide bonds. The van der Waals surface area contributed by atoms with E-state index < -0.39 is 52.1 Å². The van der Waals surface area contributed by atoms with Crippen molar-refractivity contribution in [3.63, 3.8) is 0 Å². The van der Waals surface area contributed by atoms with Crippen LogP contribution in [0, 0.1) is 5.41 Å². The van der Waals surface area contributed by atoms with Crippen LogP contribution in [-0.4, -0.2) is 77.1 Å². The Labute approximate surface area is 248 Å². The summed E-state index contributed by atoms with van der Waals surface area (Å²) in [5.74, 6) is -1.74. The number of hydrogen-bond donors (Lipinski definition) is 1. The number of likely N-dealkylation sites (tertiary alicyclic amines) is 2.